The second-order valence-electron chi connectivity index (χ2n) is 11.3. The van der Waals surface area contributed by atoms with Gasteiger partial charge in [-0.3, -0.25) is 14.5 Å². The fraction of sp³-hybridized carbons (Fsp3) is 0.412. The van der Waals surface area contributed by atoms with E-state index >= 15 is 0 Å². The van der Waals surface area contributed by atoms with Gasteiger partial charge in [0.2, 0.25) is 5.91 Å². The zero-order valence-corrected chi connectivity index (χ0v) is 24.2. The molecule has 9 heteroatoms. The van der Waals surface area contributed by atoms with Crippen molar-refractivity contribution in [3.05, 3.63) is 95.1 Å². The third-order valence-corrected chi connectivity index (χ3v) is 8.26. The number of aliphatic hydroxyl groups is 2. The molecule has 2 aliphatic rings. The van der Waals surface area contributed by atoms with Crippen LogP contribution in [0.25, 0.3) is 11.1 Å². The van der Waals surface area contributed by atoms with E-state index in [1.165, 1.54) is 0 Å². The number of carbonyl (C=O) groups excluding carboxylic acids is 1. The number of carboxylic acid groups (broad SMARTS) is 1. The van der Waals surface area contributed by atoms with Crippen molar-refractivity contribution in [3.63, 3.8) is 0 Å². The van der Waals surface area contributed by atoms with Crippen molar-refractivity contribution in [1.29, 1.82) is 0 Å². The summed E-state index contributed by atoms with van der Waals surface area (Å²) >= 11 is 0. The number of nitrogens with one attached hydrogen (secondary N) is 1. The third-order valence-electron chi connectivity index (χ3n) is 8.26. The number of hydrogen-bond acceptors (Lipinski definition) is 7. The number of rotatable bonds is 12. The molecule has 2 heterocycles. The molecule has 2 saturated heterocycles. The fourth-order valence-corrected chi connectivity index (χ4v) is 5.84. The summed E-state index contributed by atoms with van der Waals surface area (Å²) < 4.78 is 13.0. The molecule has 0 saturated carbocycles. The molecule has 3 aromatic carbocycles. The highest BCUT2D eigenvalue weighted by molar-refractivity contribution is 5.80. The van der Waals surface area contributed by atoms with E-state index < -0.39 is 12.3 Å². The first-order valence-corrected chi connectivity index (χ1v) is 14.9. The lowest BCUT2D eigenvalue weighted by atomic mass is 9.98. The van der Waals surface area contributed by atoms with E-state index in [1.54, 1.807) is 0 Å². The van der Waals surface area contributed by atoms with E-state index in [2.05, 4.69) is 10.2 Å². The molecule has 2 aliphatic heterocycles. The molecule has 43 heavy (non-hydrogen) atoms. The van der Waals surface area contributed by atoms with Crippen LogP contribution in [0, 0.1) is 0 Å². The molecule has 0 unspecified atom stereocenters. The van der Waals surface area contributed by atoms with Gasteiger partial charge in [0.25, 0.3) is 0 Å². The number of likely N-dealkylation sites (tertiary alicyclic amines) is 1. The fourth-order valence-electron chi connectivity index (χ4n) is 5.84. The molecule has 4 N–H and O–H groups in total. The van der Waals surface area contributed by atoms with Crippen LogP contribution in [0.4, 0.5) is 0 Å². The summed E-state index contributed by atoms with van der Waals surface area (Å²) in [5, 5.41) is 30.9. The van der Waals surface area contributed by atoms with E-state index in [-0.39, 0.29) is 50.2 Å². The number of nitrogens with zero attached hydrogens (tertiary/aromatic N) is 1. The van der Waals surface area contributed by atoms with Gasteiger partial charge in [-0.1, -0.05) is 66.7 Å². The number of ether oxygens (including phenoxy) is 2. The van der Waals surface area contributed by atoms with Gasteiger partial charge in [-0.2, -0.15) is 0 Å². The van der Waals surface area contributed by atoms with E-state index in [0.717, 1.165) is 59.3 Å². The molecule has 3 aromatic rings. The highest BCUT2D eigenvalue weighted by Gasteiger charge is 2.35. The van der Waals surface area contributed by atoms with Gasteiger partial charge in [-0.15, -0.1) is 0 Å². The van der Waals surface area contributed by atoms with Crippen LogP contribution in [0.2, 0.25) is 0 Å². The Hall–Kier alpha value is -3.60. The second-order valence-corrected chi connectivity index (χ2v) is 11.3. The maximum Gasteiger partial charge on any atom is 0.303 e. The first-order valence-electron chi connectivity index (χ1n) is 14.9. The summed E-state index contributed by atoms with van der Waals surface area (Å²) in [5.74, 6) is -1.28. The molecular weight excluding hydrogens is 548 g/mol. The molecular formula is C34H40N2O7. The molecule has 9 nitrogen and oxygen atoms in total. The van der Waals surface area contributed by atoms with Gasteiger partial charge in [0.15, 0.2) is 6.29 Å². The van der Waals surface area contributed by atoms with E-state index in [9.17, 15) is 19.8 Å². The summed E-state index contributed by atoms with van der Waals surface area (Å²) in [7, 11) is 0. The Morgan fingerprint density at radius 3 is 2.37 bits per heavy atom. The van der Waals surface area contributed by atoms with E-state index in [0.29, 0.717) is 13.0 Å². The molecule has 0 aliphatic carbocycles. The number of carboxylic acids is 1. The summed E-state index contributed by atoms with van der Waals surface area (Å²) in [6, 6.07) is 24.0. The Morgan fingerprint density at radius 2 is 1.65 bits per heavy atom. The first kappa shape index (κ1) is 30.8. The average molecular weight is 589 g/mol. The van der Waals surface area contributed by atoms with Crippen molar-refractivity contribution in [2.75, 3.05) is 19.7 Å². The van der Waals surface area contributed by atoms with Crippen molar-refractivity contribution in [2.45, 2.75) is 69.8 Å². The zero-order chi connectivity index (χ0) is 30.2. The molecule has 228 valence electrons. The van der Waals surface area contributed by atoms with Gasteiger partial charge in [-0.25, -0.2) is 0 Å². The van der Waals surface area contributed by atoms with Crippen LogP contribution in [0.15, 0.2) is 72.8 Å². The minimum Gasteiger partial charge on any atom is -0.481 e. The van der Waals surface area contributed by atoms with Crippen molar-refractivity contribution in [3.8, 4) is 11.1 Å². The molecule has 0 bridgehead atoms. The number of hydrogen-bond donors (Lipinski definition) is 4. The lowest BCUT2D eigenvalue weighted by Crippen LogP contribution is -2.42. The summed E-state index contributed by atoms with van der Waals surface area (Å²) in [6.45, 7) is 2.15. The zero-order valence-electron chi connectivity index (χ0n) is 24.2. The largest absolute Gasteiger partial charge is 0.481 e. The minimum atomic E-state index is -0.991. The van der Waals surface area contributed by atoms with Gasteiger partial charge < -0.3 is 30.1 Å². The quantitative estimate of drug-likeness (QED) is 0.246. The summed E-state index contributed by atoms with van der Waals surface area (Å²) in [4.78, 5) is 25.0. The SMILES string of the molecule is O=C(O)CCC(=O)NCc1cccc(-c2ccc([C@H]3O[C@@H](CN4CCC[C@H]4CO)C[C@@H](c4ccc(CO)cc4)O3)cc2)c1. The maximum atomic E-state index is 11.9. The Morgan fingerprint density at radius 1 is 0.884 bits per heavy atom. The van der Waals surface area contributed by atoms with Crippen molar-refractivity contribution < 1.29 is 34.4 Å². The van der Waals surface area contributed by atoms with Crippen LogP contribution in [-0.4, -0.2) is 63.9 Å². The molecule has 4 atom stereocenters. The van der Waals surface area contributed by atoms with Crippen LogP contribution in [0.1, 0.15) is 66.8 Å². The molecule has 0 aromatic heterocycles. The maximum absolute atomic E-state index is 11.9. The molecule has 5 rings (SSSR count). The lowest BCUT2D eigenvalue weighted by molar-refractivity contribution is -0.253. The normalized spacial score (nSPS) is 22.4. The lowest BCUT2D eigenvalue weighted by Gasteiger charge is -2.38. The molecule has 1 amide bonds. The third kappa shape index (κ3) is 8.28. The van der Waals surface area contributed by atoms with Gasteiger partial charge in [0.05, 0.1) is 31.8 Å². The molecule has 0 spiro atoms. The average Bonchev–Trinajstić information content (AvgIpc) is 3.49. The minimum absolute atomic E-state index is 0.00560. The Bertz CT molecular complexity index is 1360. The highest BCUT2D eigenvalue weighted by atomic mass is 16.7. The summed E-state index contributed by atoms with van der Waals surface area (Å²) in [6.07, 6.45) is 1.73. The monoisotopic (exact) mass is 588 g/mol. The van der Waals surface area contributed by atoms with Gasteiger partial charge in [0, 0.05) is 37.5 Å². The van der Waals surface area contributed by atoms with Crippen LogP contribution >= 0.6 is 0 Å². The standard InChI is InChI=1S/C34H40N2O7/c37-21-23-6-8-26(9-7-23)31-18-30(20-36-16-2-5-29(36)22-38)42-34(43-31)27-12-10-25(11-13-27)28-4-1-3-24(17-28)19-35-32(39)14-15-33(40)41/h1,3-4,6-13,17,29-31,34,37-38H,2,5,14-16,18-22H2,(H,35,39)(H,40,41)/t29-,30+,31-,34-/m0/s1. The summed E-state index contributed by atoms with van der Waals surface area (Å²) in [5.41, 5.74) is 5.73. The van der Waals surface area contributed by atoms with Crippen LogP contribution < -0.4 is 5.32 Å². The van der Waals surface area contributed by atoms with Crippen molar-refractivity contribution in [1.82, 2.24) is 10.2 Å². The Labute approximate surface area is 252 Å². The first-order chi connectivity index (χ1) is 20.9. The Balaban J connectivity index is 1.29. The topological polar surface area (TPSA) is 129 Å². The molecule has 0 radical (unpaired) electrons. The Kier molecular flexibility index (Phi) is 10.6. The van der Waals surface area contributed by atoms with Crippen LogP contribution in [-0.2, 0) is 32.2 Å². The van der Waals surface area contributed by atoms with Crippen LogP contribution in [0.5, 0.6) is 0 Å². The highest BCUT2D eigenvalue weighted by Crippen LogP contribution is 2.39. The van der Waals surface area contributed by atoms with Gasteiger partial charge in [0.1, 0.15) is 0 Å². The van der Waals surface area contributed by atoms with Gasteiger partial charge >= 0.3 is 5.97 Å². The van der Waals surface area contributed by atoms with E-state index in [4.69, 9.17) is 14.6 Å². The van der Waals surface area contributed by atoms with Gasteiger partial charge in [-0.05, 0) is 53.3 Å². The predicted molar refractivity (Wildman–Crippen MR) is 161 cm³/mol. The molecule has 2 fully saturated rings. The second kappa shape index (κ2) is 14.7. The predicted octanol–water partition coefficient (Wildman–Crippen LogP) is 4.33. The van der Waals surface area contributed by atoms with Crippen LogP contribution in [0.3, 0.4) is 0 Å². The number of amides is 1. The number of benzene rings is 3. The number of aliphatic hydroxyl groups excluding tert-OH is 2. The number of carbonyl (C=O) groups is 2. The van der Waals surface area contributed by atoms with E-state index in [1.807, 2.05) is 72.8 Å². The van der Waals surface area contributed by atoms with Crippen molar-refractivity contribution in [2.24, 2.45) is 0 Å². The smallest absolute Gasteiger partial charge is 0.303 e. The number of aliphatic carboxylic acids is 1. The van der Waals surface area contributed by atoms with Crippen molar-refractivity contribution >= 4 is 11.9 Å².